The highest BCUT2D eigenvalue weighted by molar-refractivity contribution is 9.09. The maximum Gasteiger partial charge on any atom is 0.416 e. The largest absolute Gasteiger partial charge is 0.440 e. The molecule has 27 heavy (non-hydrogen) atoms. The van der Waals surface area contributed by atoms with Gasteiger partial charge in [0.25, 0.3) is 0 Å². The molecule has 1 unspecified atom stereocenters. The maximum atomic E-state index is 12.6. The third-order valence-electron chi connectivity index (χ3n) is 3.79. The van der Waals surface area contributed by atoms with Gasteiger partial charge in [-0.1, -0.05) is 41.1 Å². The minimum Gasteiger partial charge on any atom is -0.440 e. The van der Waals surface area contributed by atoms with E-state index in [-0.39, 0.29) is 6.04 Å². The third kappa shape index (κ3) is 7.07. The highest BCUT2D eigenvalue weighted by Crippen LogP contribution is 2.31. The molecule has 0 amide bonds. The second-order valence-electron chi connectivity index (χ2n) is 5.69. The number of hydrogen-bond donors (Lipinski definition) is 0. The molecule has 0 aliphatic carbocycles. The lowest BCUT2D eigenvalue weighted by Crippen LogP contribution is -2.39. The van der Waals surface area contributed by atoms with Crippen LogP contribution in [0.5, 0.6) is 5.75 Å². The van der Waals surface area contributed by atoms with Crippen molar-refractivity contribution >= 4 is 15.9 Å². The molecule has 2 rings (SSSR count). The number of ether oxygens (including phenoxy) is 1. The zero-order chi connectivity index (χ0) is 20.4. The smallest absolute Gasteiger partial charge is 0.416 e. The average molecular weight is 447 g/mol. The first-order valence-electron chi connectivity index (χ1n) is 8.69. The number of allylic oxidation sites excluding steroid dienone is 2. The first kappa shape index (κ1) is 23.3. The molecule has 0 N–H and O–H groups in total. The Labute approximate surface area is 167 Å². The fourth-order valence-corrected chi connectivity index (χ4v) is 2.54. The molecule has 0 radical (unpaired) electrons. The molecule has 1 aromatic rings. The molecule has 150 valence electrons. The number of halogens is 4. The quantitative estimate of drug-likeness (QED) is 0.393. The summed E-state index contributed by atoms with van der Waals surface area (Å²) in [5.41, 5.74) is -0.687. The van der Waals surface area contributed by atoms with Crippen LogP contribution in [0.15, 0.2) is 61.0 Å². The van der Waals surface area contributed by atoms with Gasteiger partial charge in [0.15, 0.2) is 0 Å². The fourth-order valence-electron chi connectivity index (χ4n) is 2.33. The Morgan fingerprint density at radius 1 is 1.22 bits per heavy atom. The second-order valence-corrected chi connectivity index (χ2v) is 6.34. The number of benzene rings is 1. The van der Waals surface area contributed by atoms with E-state index in [1.165, 1.54) is 12.1 Å². The van der Waals surface area contributed by atoms with Gasteiger partial charge in [0.2, 0.25) is 5.88 Å². The Balaban J connectivity index is 0.000000828. The maximum absolute atomic E-state index is 12.6. The summed E-state index contributed by atoms with van der Waals surface area (Å²) in [6, 6.07) is 4.76. The van der Waals surface area contributed by atoms with E-state index in [1.54, 1.807) is 0 Å². The Morgan fingerprint density at radius 2 is 1.81 bits per heavy atom. The first-order chi connectivity index (χ1) is 12.8. The monoisotopic (exact) mass is 446 g/mol. The van der Waals surface area contributed by atoms with Crippen LogP contribution >= 0.6 is 15.9 Å². The van der Waals surface area contributed by atoms with Crippen molar-refractivity contribution in [2.75, 3.05) is 18.9 Å². The van der Waals surface area contributed by atoms with Crippen molar-refractivity contribution in [1.29, 1.82) is 0 Å². The molecule has 1 atom stereocenters. The summed E-state index contributed by atoms with van der Waals surface area (Å²) in [7, 11) is 1.94. The van der Waals surface area contributed by atoms with Crippen LogP contribution in [0.2, 0.25) is 0 Å². The lowest BCUT2D eigenvalue weighted by atomic mass is 10.2. The molecule has 1 aliphatic rings. The van der Waals surface area contributed by atoms with Gasteiger partial charge in [-0.3, -0.25) is 5.01 Å². The van der Waals surface area contributed by atoms with Crippen molar-refractivity contribution in [2.24, 2.45) is 0 Å². The van der Waals surface area contributed by atoms with Gasteiger partial charge in [0.1, 0.15) is 5.75 Å². The summed E-state index contributed by atoms with van der Waals surface area (Å²) in [5.74, 6) is 0.986. The van der Waals surface area contributed by atoms with E-state index in [2.05, 4.69) is 29.4 Å². The number of nitrogens with zero attached hydrogens (tertiary/aromatic N) is 2. The molecule has 3 nitrogen and oxygen atoms in total. The van der Waals surface area contributed by atoms with Crippen LogP contribution in [0, 0.1) is 0 Å². The minimum atomic E-state index is -4.34. The molecule has 1 aromatic carbocycles. The number of alkyl halides is 4. The van der Waals surface area contributed by atoms with Gasteiger partial charge >= 0.3 is 6.18 Å². The van der Waals surface area contributed by atoms with Crippen molar-refractivity contribution in [1.82, 2.24) is 10.0 Å². The summed E-state index contributed by atoms with van der Waals surface area (Å²) in [4.78, 5) is 0. The summed E-state index contributed by atoms with van der Waals surface area (Å²) in [5, 5.41) is 4.70. The molecule has 1 aliphatic heterocycles. The molecule has 0 spiro atoms. The highest BCUT2D eigenvalue weighted by atomic mass is 79.9. The van der Waals surface area contributed by atoms with E-state index in [0.717, 1.165) is 23.9 Å². The second kappa shape index (κ2) is 11.2. The summed E-state index contributed by atoms with van der Waals surface area (Å²) in [6.07, 6.45) is 4.57. The Kier molecular flexibility index (Phi) is 9.66. The molecular weight excluding hydrogens is 421 g/mol. The van der Waals surface area contributed by atoms with E-state index in [4.69, 9.17) is 4.74 Å². The first-order valence-corrected chi connectivity index (χ1v) is 9.81. The normalized spacial score (nSPS) is 17.5. The van der Waals surface area contributed by atoms with E-state index in [0.29, 0.717) is 18.2 Å². The Hall–Kier alpha value is -1.73. The van der Waals surface area contributed by atoms with Crippen LogP contribution in [0.3, 0.4) is 0 Å². The number of hydrogen-bond acceptors (Lipinski definition) is 3. The van der Waals surface area contributed by atoms with E-state index in [1.807, 2.05) is 48.3 Å². The van der Waals surface area contributed by atoms with Crippen LogP contribution in [-0.4, -0.2) is 35.0 Å². The topological polar surface area (TPSA) is 15.7 Å². The fraction of sp³-hybridized carbons (Fsp3) is 0.400. The van der Waals surface area contributed by atoms with E-state index < -0.39 is 11.7 Å². The summed E-state index contributed by atoms with van der Waals surface area (Å²) >= 11 is 3.34. The van der Waals surface area contributed by atoms with Crippen molar-refractivity contribution in [2.45, 2.75) is 32.5 Å². The van der Waals surface area contributed by atoms with Crippen LogP contribution in [0.1, 0.15) is 25.8 Å². The number of rotatable bonds is 6. The van der Waals surface area contributed by atoms with E-state index >= 15 is 0 Å². The van der Waals surface area contributed by atoms with Gasteiger partial charge in [-0.15, -0.1) is 6.58 Å². The van der Waals surface area contributed by atoms with Crippen LogP contribution in [0.4, 0.5) is 13.2 Å². The van der Waals surface area contributed by atoms with E-state index in [9.17, 15) is 13.2 Å². The Morgan fingerprint density at radius 3 is 2.26 bits per heavy atom. The standard InChI is InChI=1S/C16H18BrF3N2O.C4H8/c1-3-22-15(11-13(21(22)2)5-4-10-17)23-14-8-6-12(7-9-14)16(18,19)20;1-3-4-2/h4-9,11,13H,3,10H2,1-2H3;3H,1,4H2,2H3/b5-4+;. The highest BCUT2D eigenvalue weighted by Gasteiger charge is 2.31. The SMILES string of the molecule is C=CCC.CCN1C(Oc2ccc(C(F)(F)F)cc2)=CC(/C=C/CBr)N1C. The van der Waals surface area contributed by atoms with Gasteiger partial charge in [-0.05, 0) is 37.6 Å². The van der Waals surface area contributed by atoms with Crippen LogP contribution < -0.4 is 4.74 Å². The minimum absolute atomic E-state index is 0.0527. The lowest BCUT2D eigenvalue weighted by Gasteiger charge is -2.29. The van der Waals surface area contributed by atoms with Gasteiger partial charge in [-0.25, -0.2) is 5.01 Å². The molecule has 1 heterocycles. The predicted octanol–water partition coefficient (Wildman–Crippen LogP) is 6.01. The zero-order valence-corrected chi connectivity index (χ0v) is 17.4. The van der Waals surface area contributed by atoms with Crippen LogP contribution in [-0.2, 0) is 6.18 Å². The zero-order valence-electron chi connectivity index (χ0n) is 15.8. The van der Waals surface area contributed by atoms with Crippen molar-refractivity contribution < 1.29 is 17.9 Å². The van der Waals surface area contributed by atoms with Crippen molar-refractivity contribution in [3.63, 3.8) is 0 Å². The van der Waals surface area contributed by atoms with Gasteiger partial charge in [0, 0.05) is 25.0 Å². The van der Waals surface area contributed by atoms with Crippen LogP contribution in [0.25, 0.3) is 0 Å². The lowest BCUT2D eigenvalue weighted by molar-refractivity contribution is -0.137. The molecule has 7 heteroatoms. The summed E-state index contributed by atoms with van der Waals surface area (Å²) < 4.78 is 43.5. The molecule has 0 saturated carbocycles. The van der Waals surface area contributed by atoms with Gasteiger partial charge in [-0.2, -0.15) is 13.2 Å². The third-order valence-corrected chi connectivity index (χ3v) is 4.17. The van der Waals surface area contributed by atoms with Gasteiger partial charge < -0.3 is 4.74 Å². The molecular formula is C20H26BrF3N2O. The molecule has 0 aromatic heterocycles. The predicted molar refractivity (Wildman–Crippen MR) is 108 cm³/mol. The molecule has 0 bridgehead atoms. The number of likely N-dealkylation sites (N-methyl/N-ethyl adjacent to an activating group) is 1. The van der Waals surface area contributed by atoms with Gasteiger partial charge in [0.05, 0.1) is 11.6 Å². The Bertz CT molecular complexity index is 642. The van der Waals surface area contributed by atoms with Crippen molar-refractivity contribution in [3.05, 3.63) is 66.6 Å². The van der Waals surface area contributed by atoms with Crippen molar-refractivity contribution in [3.8, 4) is 5.75 Å². The molecule has 0 fully saturated rings. The summed E-state index contributed by atoms with van der Waals surface area (Å²) in [6.45, 7) is 8.22. The number of hydrazine groups is 1. The average Bonchev–Trinajstić information content (AvgIpc) is 2.94. The molecule has 0 saturated heterocycles.